The number of ether oxygens (including phenoxy) is 1. The molecule has 110 valence electrons. The van der Waals surface area contributed by atoms with E-state index < -0.39 is 11.2 Å². The molecule has 2 aliphatic rings. The van der Waals surface area contributed by atoms with Crippen LogP contribution in [0.3, 0.4) is 0 Å². The molecule has 1 atom stereocenters. The molecule has 1 N–H and O–H groups in total. The highest BCUT2D eigenvalue weighted by Gasteiger charge is 2.45. The van der Waals surface area contributed by atoms with Crippen molar-refractivity contribution in [2.24, 2.45) is 0 Å². The van der Waals surface area contributed by atoms with Crippen LogP contribution < -0.4 is 0 Å². The zero-order chi connectivity index (χ0) is 14.1. The first-order valence-corrected chi connectivity index (χ1v) is 7.54. The van der Waals surface area contributed by atoms with Gasteiger partial charge in [-0.05, 0) is 46.5 Å². The molecule has 0 spiro atoms. The third-order valence-electron chi connectivity index (χ3n) is 4.22. The van der Waals surface area contributed by atoms with Crippen molar-refractivity contribution in [3.05, 3.63) is 0 Å². The minimum absolute atomic E-state index is 0.0531. The van der Waals surface area contributed by atoms with Crippen molar-refractivity contribution >= 4 is 6.09 Å². The first-order chi connectivity index (χ1) is 8.82. The smallest absolute Gasteiger partial charge is 0.410 e. The van der Waals surface area contributed by atoms with Gasteiger partial charge in [0, 0.05) is 6.54 Å². The van der Waals surface area contributed by atoms with Crippen LogP contribution in [0.15, 0.2) is 0 Å². The normalized spacial score (nSPS) is 27.4. The second-order valence-electron chi connectivity index (χ2n) is 7.00. The Morgan fingerprint density at radius 1 is 1.21 bits per heavy atom. The standard InChI is InChI=1S/C15H27NO3/c1-14(2,3)19-13(17)16-11-7-8-12(16)15(18)9-5-4-6-10-15/h12,18H,4-11H2,1-3H3. The van der Waals surface area contributed by atoms with E-state index in [2.05, 4.69) is 0 Å². The maximum Gasteiger partial charge on any atom is 0.410 e. The second-order valence-corrected chi connectivity index (χ2v) is 7.00. The summed E-state index contributed by atoms with van der Waals surface area (Å²) in [5, 5.41) is 10.8. The summed E-state index contributed by atoms with van der Waals surface area (Å²) in [6.45, 7) is 6.35. The molecule has 1 unspecified atom stereocenters. The molecule has 0 aromatic carbocycles. The van der Waals surface area contributed by atoms with Gasteiger partial charge in [0.2, 0.25) is 0 Å². The molecule has 0 radical (unpaired) electrons. The molecule has 4 heteroatoms. The van der Waals surface area contributed by atoms with Crippen molar-refractivity contribution in [1.82, 2.24) is 4.90 Å². The summed E-state index contributed by atoms with van der Waals surface area (Å²) in [5.74, 6) is 0. The van der Waals surface area contributed by atoms with Gasteiger partial charge in [-0.15, -0.1) is 0 Å². The molecule has 4 nitrogen and oxygen atoms in total. The number of carbonyl (C=O) groups is 1. The van der Waals surface area contributed by atoms with Crippen LogP contribution in [-0.2, 0) is 4.74 Å². The quantitative estimate of drug-likeness (QED) is 0.796. The highest BCUT2D eigenvalue weighted by molar-refractivity contribution is 5.69. The Morgan fingerprint density at radius 3 is 2.42 bits per heavy atom. The summed E-state index contributed by atoms with van der Waals surface area (Å²) >= 11 is 0. The summed E-state index contributed by atoms with van der Waals surface area (Å²) in [6, 6.07) is -0.0531. The molecule has 2 rings (SSSR count). The summed E-state index contributed by atoms with van der Waals surface area (Å²) < 4.78 is 5.46. The fourth-order valence-electron chi connectivity index (χ4n) is 3.36. The largest absolute Gasteiger partial charge is 0.444 e. The summed E-state index contributed by atoms with van der Waals surface area (Å²) in [5.41, 5.74) is -1.16. The fourth-order valence-corrected chi connectivity index (χ4v) is 3.36. The van der Waals surface area contributed by atoms with Crippen LogP contribution in [0.2, 0.25) is 0 Å². The molecule has 1 amide bonds. The topological polar surface area (TPSA) is 49.8 Å². The van der Waals surface area contributed by atoms with E-state index in [1.165, 1.54) is 6.42 Å². The number of aliphatic hydroxyl groups is 1. The zero-order valence-electron chi connectivity index (χ0n) is 12.4. The van der Waals surface area contributed by atoms with Gasteiger partial charge in [0.1, 0.15) is 5.60 Å². The van der Waals surface area contributed by atoms with E-state index in [0.717, 1.165) is 38.5 Å². The van der Waals surface area contributed by atoms with E-state index in [4.69, 9.17) is 4.74 Å². The Balaban J connectivity index is 2.06. The van der Waals surface area contributed by atoms with Crippen LogP contribution in [0.25, 0.3) is 0 Å². The number of hydrogen-bond donors (Lipinski definition) is 1. The van der Waals surface area contributed by atoms with Gasteiger partial charge >= 0.3 is 6.09 Å². The number of likely N-dealkylation sites (tertiary alicyclic amines) is 1. The van der Waals surface area contributed by atoms with E-state index in [1.54, 1.807) is 4.90 Å². The van der Waals surface area contributed by atoms with Gasteiger partial charge in [-0.3, -0.25) is 0 Å². The van der Waals surface area contributed by atoms with Crippen molar-refractivity contribution in [2.75, 3.05) is 6.54 Å². The lowest BCUT2D eigenvalue weighted by molar-refractivity contribution is -0.0647. The van der Waals surface area contributed by atoms with Crippen LogP contribution in [0.5, 0.6) is 0 Å². The van der Waals surface area contributed by atoms with Crippen LogP contribution in [0, 0.1) is 0 Å². The van der Waals surface area contributed by atoms with Crippen molar-refractivity contribution < 1.29 is 14.6 Å². The molecule has 19 heavy (non-hydrogen) atoms. The molecule has 0 bridgehead atoms. The van der Waals surface area contributed by atoms with E-state index in [-0.39, 0.29) is 12.1 Å². The molecule has 1 saturated carbocycles. The van der Waals surface area contributed by atoms with Gasteiger partial charge < -0.3 is 14.7 Å². The summed E-state index contributed by atoms with van der Waals surface area (Å²) in [7, 11) is 0. The fraction of sp³-hybridized carbons (Fsp3) is 0.933. The second kappa shape index (κ2) is 5.31. The highest BCUT2D eigenvalue weighted by Crippen LogP contribution is 2.38. The van der Waals surface area contributed by atoms with Gasteiger partial charge in [0.25, 0.3) is 0 Å². The highest BCUT2D eigenvalue weighted by atomic mass is 16.6. The maximum atomic E-state index is 12.2. The first-order valence-electron chi connectivity index (χ1n) is 7.54. The molecule has 1 aliphatic carbocycles. The SMILES string of the molecule is CC(C)(C)OC(=O)N1CCCC1C1(O)CCCCC1. The molecular weight excluding hydrogens is 242 g/mol. The van der Waals surface area contributed by atoms with E-state index in [9.17, 15) is 9.90 Å². The average Bonchev–Trinajstić information content (AvgIpc) is 2.77. The van der Waals surface area contributed by atoms with Gasteiger partial charge in [0.05, 0.1) is 11.6 Å². The molecular formula is C15H27NO3. The van der Waals surface area contributed by atoms with Crippen LogP contribution in [0.1, 0.15) is 65.7 Å². The summed E-state index contributed by atoms with van der Waals surface area (Å²) in [6.07, 6.45) is 6.55. The predicted octanol–water partition coefficient (Wildman–Crippen LogP) is 3.08. The number of nitrogens with zero attached hydrogens (tertiary/aromatic N) is 1. The number of hydrogen-bond acceptors (Lipinski definition) is 3. The van der Waals surface area contributed by atoms with Gasteiger partial charge in [-0.2, -0.15) is 0 Å². The lowest BCUT2D eigenvalue weighted by atomic mass is 9.78. The van der Waals surface area contributed by atoms with E-state index >= 15 is 0 Å². The third kappa shape index (κ3) is 3.41. The Bertz CT molecular complexity index is 329. The van der Waals surface area contributed by atoms with Crippen molar-refractivity contribution in [2.45, 2.75) is 83.0 Å². The monoisotopic (exact) mass is 269 g/mol. The van der Waals surface area contributed by atoms with Crippen LogP contribution in [-0.4, -0.2) is 39.9 Å². The molecule has 1 saturated heterocycles. The van der Waals surface area contributed by atoms with Crippen LogP contribution >= 0.6 is 0 Å². The Morgan fingerprint density at radius 2 is 1.84 bits per heavy atom. The van der Waals surface area contributed by atoms with Gasteiger partial charge in [-0.1, -0.05) is 19.3 Å². The van der Waals surface area contributed by atoms with Crippen molar-refractivity contribution in [3.8, 4) is 0 Å². The van der Waals surface area contributed by atoms with Gasteiger partial charge in [-0.25, -0.2) is 4.79 Å². The molecule has 0 aromatic rings. The van der Waals surface area contributed by atoms with Crippen molar-refractivity contribution in [3.63, 3.8) is 0 Å². The average molecular weight is 269 g/mol. The summed E-state index contributed by atoms with van der Waals surface area (Å²) in [4.78, 5) is 14.0. The Kier molecular flexibility index (Phi) is 4.09. The van der Waals surface area contributed by atoms with Gasteiger partial charge in [0.15, 0.2) is 0 Å². The molecule has 2 fully saturated rings. The van der Waals surface area contributed by atoms with E-state index in [1.807, 2.05) is 20.8 Å². The number of carbonyl (C=O) groups excluding carboxylic acids is 1. The zero-order valence-corrected chi connectivity index (χ0v) is 12.4. The molecule has 1 heterocycles. The predicted molar refractivity (Wildman–Crippen MR) is 74.0 cm³/mol. The lowest BCUT2D eigenvalue weighted by Gasteiger charge is -2.41. The minimum Gasteiger partial charge on any atom is -0.444 e. The maximum absolute atomic E-state index is 12.2. The Hall–Kier alpha value is -0.770. The first kappa shape index (κ1) is 14.6. The Labute approximate surface area is 116 Å². The number of rotatable bonds is 1. The molecule has 1 aliphatic heterocycles. The third-order valence-corrected chi connectivity index (χ3v) is 4.22. The van der Waals surface area contributed by atoms with Crippen molar-refractivity contribution in [1.29, 1.82) is 0 Å². The lowest BCUT2D eigenvalue weighted by Crippen LogP contribution is -2.53. The van der Waals surface area contributed by atoms with Crippen LogP contribution in [0.4, 0.5) is 4.79 Å². The van der Waals surface area contributed by atoms with E-state index in [0.29, 0.717) is 6.54 Å². The number of amides is 1. The minimum atomic E-state index is -0.689. The molecule has 0 aromatic heterocycles.